The highest BCUT2D eigenvalue weighted by Gasteiger charge is 2.32. The minimum atomic E-state index is -4.41. The quantitative estimate of drug-likeness (QED) is 0.894. The molecule has 4 nitrogen and oxygen atoms in total. The van der Waals surface area contributed by atoms with Gasteiger partial charge in [0.25, 0.3) is 5.91 Å². The van der Waals surface area contributed by atoms with Crippen LogP contribution in [0, 0.1) is 0 Å². The van der Waals surface area contributed by atoms with Gasteiger partial charge in [0.05, 0.1) is 0 Å². The van der Waals surface area contributed by atoms with Crippen LogP contribution in [0.15, 0.2) is 18.3 Å². The lowest BCUT2D eigenvalue weighted by molar-refractivity contribution is -0.140. The number of rotatable bonds is 4. The third kappa shape index (κ3) is 3.99. The lowest BCUT2D eigenvalue weighted by atomic mass is 10.2. The van der Waals surface area contributed by atoms with E-state index in [-0.39, 0.29) is 18.8 Å². The summed E-state index contributed by atoms with van der Waals surface area (Å²) in [6, 6.07) is 2.95. The molecule has 0 aromatic carbocycles. The van der Waals surface area contributed by atoms with Gasteiger partial charge in [-0.1, -0.05) is 6.07 Å². The monoisotopic (exact) mass is 261 g/mol. The van der Waals surface area contributed by atoms with E-state index in [1.54, 1.807) is 6.07 Å². The summed E-state index contributed by atoms with van der Waals surface area (Å²) in [5.74, 6) is -0.738. The van der Waals surface area contributed by atoms with Gasteiger partial charge >= 0.3 is 6.18 Å². The summed E-state index contributed by atoms with van der Waals surface area (Å²) in [6.45, 7) is 0.445. The second kappa shape index (κ2) is 5.81. The molecule has 1 heterocycles. The average molecular weight is 261 g/mol. The van der Waals surface area contributed by atoms with Crippen molar-refractivity contribution in [2.45, 2.75) is 19.6 Å². The van der Waals surface area contributed by atoms with Crippen molar-refractivity contribution < 1.29 is 18.0 Å². The summed E-state index contributed by atoms with van der Waals surface area (Å²) in [4.78, 5) is 16.3. The number of halogens is 3. The molecule has 1 rings (SSSR count). The van der Waals surface area contributed by atoms with Crippen LogP contribution in [0.3, 0.4) is 0 Å². The van der Waals surface area contributed by atoms with Crippen LogP contribution in [-0.4, -0.2) is 35.1 Å². The minimum Gasteiger partial charge on any atom is -0.328 e. The van der Waals surface area contributed by atoms with E-state index in [1.807, 2.05) is 0 Å². The average Bonchev–Trinajstić information content (AvgIpc) is 2.34. The Morgan fingerprint density at radius 1 is 1.44 bits per heavy atom. The molecule has 0 saturated carbocycles. The Balaban J connectivity index is 2.82. The van der Waals surface area contributed by atoms with Gasteiger partial charge in [-0.3, -0.25) is 9.78 Å². The van der Waals surface area contributed by atoms with Crippen LogP contribution in [0.1, 0.15) is 23.0 Å². The summed E-state index contributed by atoms with van der Waals surface area (Å²) in [6.07, 6.45) is -3.03. The van der Waals surface area contributed by atoms with E-state index >= 15 is 0 Å². The van der Waals surface area contributed by atoms with Crippen LogP contribution >= 0.6 is 0 Å². The molecule has 0 aliphatic heterocycles. The molecule has 1 aromatic heterocycles. The molecule has 0 bridgehead atoms. The molecule has 2 N–H and O–H groups in total. The van der Waals surface area contributed by atoms with E-state index in [2.05, 4.69) is 4.98 Å². The van der Waals surface area contributed by atoms with Gasteiger partial charge in [-0.05, 0) is 18.6 Å². The highest BCUT2D eigenvalue weighted by Crippen LogP contribution is 2.17. The van der Waals surface area contributed by atoms with Gasteiger partial charge in [-0.25, -0.2) is 0 Å². The Labute approximate surface area is 103 Å². The predicted molar refractivity (Wildman–Crippen MR) is 59.8 cm³/mol. The Bertz CT molecular complexity index is 403. The fraction of sp³-hybridized carbons (Fsp3) is 0.455. The van der Waals surface area contributed by atoms with E-state index in [1.165, 1.54) is 19.2 Å². The number of alkyl halides is 3. The molecule has 0 fully saturated rings. The van der Waals surface area contributed by atoms with Crippen molar-refractivity contribution in [2.75, 3.05) is 13.1 Å². The maximum absolute atomic E-state index is 12.3. The standard InChI is InChI=1S/C11H14F3N3O/c1-2-17(7-11(12,13)14)10(18)9-4-3-8(5-15)6-16-9/h3-4,6H,2,5,7,15H2,1H3. The molecule has 1 aromatic rings. The second-order valence-corrected chi connectivity index (χ2v) is 3.69. The minimum absolute atomic E-state index is 0.0155. The highest BCUT2D eigenvalue weighted by molar-refractivity contribution is 5.92. The molecular formula is C11H14F3N3O. The molecule has 0 unspecified atom stereocenters. The first kappa shape index (κ1) is 14.4. The van der Waals surface area contributed by atoms with Crippen molar-refractivity contribution in [1.29, 1.82) is 0 Å². The maximum Gasteiger partial charge on any atom is 0.406 e. The van der Waals surface area contributed by atoms with Crippen LogP contribution in [0.25, 0.3) is 0 Å². The van der Waals surface area contributed by atoms with Gasteiger partial charge in [0.1, 0.15) is 12.2 Å². The first-order valence-corrected chi connectivity index (χ1v) is 5.38. The number of amides is 1. The topological polar surface area (TPSA) is 59.2 Å². The van der Waals surface area contributed by atoms with Crippen molar-refractivity contribution in [3.8, 4) is 0 Å². The second-order valence-electron chi connectivity index (χ2n) is 3.69. The Hall–Kier alpha value is -1.63. The number of hydrogen-bond donors (Lipinski definition) is 1. The van der Waals surface area contributed by atoms with Crippen LogP contribution in [0.5, 0.6) is 0 Å². The van der Waals surface area contributed by atoms with Gasteiger partial charge in [-0.2, -0.15) is 13.2 Å². The van der Waals surface area contributed by atoms with E-state index in [9.17, 15) is 18.0 Å². The number of nitrogens with zero attached hydrogens (tertiary/aromatic N) is 2. The summed E-state index contributed by atoms with van der Waals surface area (Å²) in [7, 11) is 0. The van der Waals surface area contributed by atoms with Crippen molar-refractivity contribution in [3.05, 3.63) is 29.6 Å². The summed E-state index contributed by atoms with van der Waals surface area (Å²) in [5.41, 5.74) is 6.06. The SMILES string of the molecule is CCN(CC(F)(F)F)C(=O)c1ccc(CN)cn1. The summed E-state index contributed by atoms with van der Waals surface area (Å²) in [5, 5.41) is 0. The highest BCUT2D eigenvalue weighted by atomic mass is 19.4. The third-order valence-electron chi connectivity index (χ3n) is 2.32. The van der Waals surface area contributed by atoms with Crippen LogP contribution in [0.4, 0.5) is 13.2 Å². The molecule has 7 heteroatoms. The zero-order valence-electron chi connectivity index (χ0n) is 9.87. The van der Waals surface area contributed by atoms with Crippen LogP contribution in [-0.2, 0) is 6.54 Å². The molecule has 1 amide bonds. The van der Waals surface area contributed by atoms with Gasteiger partial charge in [0.2, 0.25) is 0 Å². The fourth-order valence-electron chi connectivity index (χ4n) is 1.38. The zero-order chi connectivity index (χ0) is 13.8. The number of pyridine rings is 1. The maximum atomic E-state index is 12.3. The van der Waals surface area contributed by atoms with Gasteiger partial charge in [0.15, 0.2) is 0 Å². The number of carbonyl (C=O) groups is 1. The first-order chi connectivity index (χ1) is 8.37. The molecule has 0 atom stereocenters. The molecule has 18 heavy (non-hydrogen) atoms. The Morgan fingerprint density at radius 3 is 2.50 bits per heavy atom. The van der Waals surface area contributed by atoms with Gasteiger partial charge in [-0.15, -0.1) is 0 Å². The van der Waals surface area contributed by atoms with Crippen molar-refractivity contribution in [2.24, 2.45) is 5.73 Å². The number of hydrogen-bond acceptors (Lipinski definition) is 3. The molecule has 0 radical (unpaired) electrons. The summed E-state index contributed by atoms with van der Waals surface area (Å²) < 4.78 is 36.8. The van der Waals surface area contributed by atoms with E-state index < -0.39 is 18.6 Å². The number of nitrogens with two attached hydrogens (primary N) is 1. The van der Waals surface area contributed by atoms with E-state index in [4.69, 9.17) is 5.73 Å². The van der Waals surface area contributed by atoms with E-state index in [0.717, 1.165) is 0 Å². The summed E-state index contributed by atoms with van der Waals surface area (Å²) >= 11 is 0. The van der Waals surface area contributed by atoms with Gasteiger partial charge < -0.3 is 10.6 Å². The normalized spacial score (nSPS) is 11.4. The Kier molecular flexibility index (Phi) is 4.66. The first-order valence-electron chi connectivity index (χ1n) is 5.38. The fourth-order valence-corrected chi connectivity index (χ4v) is 1.38. The van der Waals surface area contributed by atoms with E-state index in [0.29, 0.717) is 10.5 Å². The lowest BCUT2D eigenvalue weighted by Crippen LogP contribution is -2.39. The smallest absolute Gasteiger partial charge is 0.328 e. The molecule has 0 spiro atoms. The van der Waals surface area contributed by atoms with Crippen molar-refractivity contribution in [1.82, 2.24) is 9.88 Å². The van der Waals surface area contributed by atoms with Crippen molar-refractivity contribution in [3.63, 3.8) is 0 Å². The lowest BCUT2D eigenvalue weighted by Gasteiger charge is -2.21. The Morgan fingerprint density at radius 2 is 2.11 bits per heavy atom. The molecule has 0 aliphatic carbocycles. The molecule has 100 valence electrons. The molecular weight excluding hydrogens is 247 g/mol. The zero-order valence-corrected chi connectivity index (χ0v) is 9.87. The number of aromatic nitrogens is 1. The van der Waals surface area contributed by atoms with Gasteiger partial charge in [0, 0.05) is 19.3 Å². The molecule has 0 saturated heterocycles. The van der Waals surface area contributed by atoms with Crippen LogP contribution in [0.2, 0.25) is 0 Å². The number of carbonyl (C=O) groups excluding carboxylic acids is 1. The van der Waals surface area contributed by atoms with Crippen LogP contribution < -0.4 is 5.73 Å². The van der Waals surface area contributed by atoms with Crippen molar-refractivity contribution >= 4 is 5.91 Å². The predicted octanol–water partition coefficient (Wildman–Crippen LogP) is 1.56. The third-order valence-corrected chi connectivity index (χ3v) is 2.32. The largest absolute Gasteiger partial charge is 0.406 e. The molecule has 0 aliphatic rings.